The summed E-state index contributed by atoms with van der Waals surface area (Å²) in [6.07, 6.45) is 5.58. The van der Waals surface area contributed by atoms with Gasteiger partial charge in [0.15, 0.2) is 0 Å². The number of aromatic nitrogens is 2. The highest BCUT2D eigenvalue weighted by Gasteiger charge is 2.06. The molecule has 2 rings (SSSR count). The highest BCUT2D eigenvalue weighted by Crippen LogP contribution is 2.25. The topological polar surface area (TPSA) is 46.9 Å². The molecule has 0 saturated carbocycles. The van der Waals surface area contributed by atoms with E-state index in [0.717, 1.165) is 4.47 Å². The number of hydrogen-bond donors (Lipinski definition) is 1. The highest BCUT2D eigenvalue weighted by atomic mass is 79.9. The van der Waals surface area contributed by atoms with Gasteiger partial charge in [0, 0.05) is 34.9 Å². The molecule has 0 saturated heterocycles. The second-order valence-corrected chi connectivity index (χ2v) is 5.01. The first-order valence-corrected chi connectivity index (χ1v) is 6.53. The number of nitrogens with zero attached hydrogens (tertiary/aromatic N) is 2. The summed E-state index contributed by atoms with van der Waals surface area (Å²) in [5.41, 5.74) is 0.679. The molecule has 1 aromatic carbocycles. The largest absolute Gasteiger partial charge is 0.337 e. The zero-order valence-electron chi connectivity index (χ0n) is 9.44. The minimum atomic E-state index is -0.0633. The Hall–Kier alpha value is -1.33. The number of benzene rings is 1. The minimum Gasteiger partial charge on any atom is -0.337 e. The molecule has 1 N–H and O–H groups in total. The van der Waals surface area contributed by atoms with Gasteiger partial charge >= 0.3 is 0 Å². The van der Waals surface area contributed by atoms with Crippen LogP contribution >= 0.6 is 27.5 Å². The molecular weight excluding hydrogens is 318 g/mol. The van der Waals surface area contributed by atoms with Crippen LogP contribution in [0.5, 0.6) is 0 Å². The number of nitrogens with one attached hydrogen (secondary N) is 1. The zero-order chi connectivity index (χ0) is 13.0. The van der Waals surface area contributed by atoms with Crippen molar-refractivity contribution in [2.45, 2.75) is 13.0 Å². The van der Waals surface area contributed by atoms with Gasteiger partial charge < -0.3 is 9.88 Å². The summed E-state index contributed by atoms with van der Waals surface area (Å²) < 4.78 is 2.66. The summed E-state index contributed by atoms with van der Waals surface area (Å²) in [6.45, 7) is 0.601. The highest BCUT2D eigenvalue weighted by molar-refractivity contribution is 9.10. The van der Waals surface area contributed by atoms with E-state index in [1.54, 1.807) is 30.7 Å². The van der Waals surface area contributed by atoms with Crippen LogP contribution in [0, 0.1) is 0 Å². The van der Waals surface area contributed by atoms with Crippen molar-refractivity contribution in [3.8, 4) is 0 Å². The van der Waals surface area contributed by atoms with E-state index in [1.807, 2.05) is 10.8 Å². The molecule has 0 bridgehead atoms. The molecule has 1 amide bonds. The maximum Gasteiger partial charge on any atom is 0.226 e. The molecule has 0 atom stereocenters. The molecule has 0 aliphatic heterocycles. The minimum absolute atomic E-state index is 0.0633. The van der Waals surface area contributed by atoms with Gasteiger partial charge in [-0.05, 0) is 34.1 Å². The van der Waals surface area contributed by atoms with Crippen LogP contribution in [0.15, 0.2) is 41.4 Å². The predicted octanol–water partition coefficient (Wildman–Crippen LogP) is 3.33. The average molecular weight is 329 g/mol. The van der Waals surface area contributed by atoms with Crippen molar-refractivity contribution >= 4 is 39.1 Å². The van der Waals surface area contributed by atoms with Crippen molar-refractivity contribution in [1.29, 1.82) is 0 Å². The first kappa shape index (κ1) is 13.1. The smallest absolute Gasteiger partial charge is 0.226 e. The Labute approximate surface area is 118 Å². The Bertz CT molecular complexity index is 542. The van der Waals surface area contributed by atoms with E-state index in [9.17, 15) is 4.79 Å². The van der Waals surface area contributed by atoms with Crippen LogP contribution in [0.1, 0.15) is 6.42 Å². The maximum absolute atomic E-state index is 11.8. The molecule has 0 radical (unpaired) electrons. The molecular formula is C12H11BrClN3O. The second-order valence-electron chi connectivity index (χ2n) is 3.72. The first-order chi connectivity index (χ1) is 8.65. The summed E-state index contributed by atoms with van der Waals surface area (Å²) in [5, 5.41) is 3.40. The molecule has 1 heterocycles. The molecule has 94 valence electrons. The van der Waals surface area contributed by atoms with Crippen molar-refractivity contribution in [1.82, 2.24) is 9.55 Å². The van der Waals surface area contributed by atoms with E-state index in [4.69, 9.17) is 11.6 Å². The van der Waals surface area contributed by atoms with E-state index >= 15 is 0 Å². The van der Waals surface area contributed by atoms with Crippen molar-refractivity contribution in [2.24, 2.45) is 0 Å². The molecule has 0 aliphatic rings. The van der Waals surface area contributed by atoms with Gasteiger partial charge in [-0.2, -0.15) is 0 Å². The lowest BCUT2D eigenvalue weighted by Crippen LogP contribution is -2.14. The summed E-state index contributed by atoms with van der Waals surface area (Å²) in [6, 6.07) is 5.27. The zero-order valence-corrected chi connectivity index (χ0v) is 11.8. The molecule has 6 heteroatoms. The van der Waals surface area contributed by atoms with E-state index in [1.165, 1.54) is 0 Å². The van der Waals surface area contributed by atoms with Gasteiger partial charge in [0.25, 0.3) is 0 Å². The van der Waals surface area contributed by atoms with Gasteiger partial charge in [-0.25, -0.2) is 4.98 Å². The lowest BCUT2D eigenvalue weighted by atomic mass is 10.3. The Kier molecular flexibility index (Phi) is 4.38. The van der Waals surface area contributed by atoms with Crippen LogP contribution in [0.25, 0.3) is 0 Å². The maximum atomic E-state index is 11.8. The van der Waals surface area contributed by atoms with Gasteiger partial charge in [-0.1, -0.05) is 11.6 Å². The number of hydrogen-bond acceptors (Lipinski definition) is 2. The molecule has 18 heavy (non-hydrogen) atoms. The number of anilines is 1. The van der Waals surface area contributed by atoms with Crippen molar-refractivity contribution in [3.63, 3.8) is 0 Å². The van der Waals surface area contributed by atoms with Crippen LogP contribution in [-0.4, -0.2) is 15.5 Å². The van der Waals surface area contributed by atoms with Gasteiger partial charge in [-0.3, -0.25) is 4.79 Å². The first-order valence-electron chi connectivity index (χ1n) is 5.36. The summed E-state index contributed by atoms with van der Waals surface area (Å²) in [7, 11) is 0. The molecule has 0 aliphatic carbocycles. The fourth-order valence-corrected chi connectivity index (χ4v) is 1.97. The third-order valence-electron chi connectivity index (χ3n) is 2.36. The van der Waals surface area contributed by atoms with Crippen molar-refractivity contribution in [2.75, 3.05) is 5.32 Å². The number of halogens is 2. The van der Waals surface area contributed by atoms with E-state index in [-0.39, 0.29) is 5.91 Å². The monoisotopic (exact) mass is 327 g/mol. The fraction of sp³-hybridized carbons (Fsp3) is 0.167. The molecule has 1 aromatic heterocycles. The Morgan fingerprint density at radius 1 is 1.50 bits per heavy atom. The van der Waals surface area contributed by atoms with Gasteiger partial charge in [-0.15, -0.1) is 0 Å². The van der Waals surface area contributed by atoms with Crippen LogP contribution in [0.2, 0.25) is 5.02 Å². The average Bonchev–Trinajstić information content (AvgIpc) is 2.84. The molecule has 2 aromatic rings. The molecule has 0 fully saturated rings. The van der Waals surface area contributed by atoms with E-state index in [2.05, 4.69) is 26.2 Å². The van der Waals surface area contributed by atoms with Crippen LogP contribution in [0.3, 0.4) is 0 Å². The van der Waals surface area contributed by atoms with E-state index < -0.39 is 0 Å². The van der Waals surface area contributed by atoms with Crippen LogP contribution in [-0.2, 0) is 11.3 Å². The van der Waals surface area contributed by atoms with Crippen molar-refractivity contribution < 1.29 is 4.79 Å². The summed E-state index contributed by atoms with van der Waals surface area (Å²) >= 11 is 9.23. The Morgan fingerprint density at radius 3 is 3.06 bits per heavy atom. The van der Waals surface area contributed by atoms with Crippen molar-refractivity contribution in [3.05, 3.63) is 46.4 Å². The number of amides is 1. The number of aryl methyl sites for hydroxylation is 1. The number of imidazole rings is 1. The predicted molar refractivity (Wildman–Crippen MR) is 74.6 cm³/mol. The normalized spacial score (nSPS) is 10.3. The molecule has 0 spiro atoms. The van der Waals surface area contributed by atoms with E-state index in [0.29, 0.717) is 23.7 Å². The van der Waals surface area contributed by atoms with Gasteiger partial charge in [0.05, 0.1) is 12.0 Å². The van der Waals surface area contributed by atoms with Gasteiger partial charge in [0.1, 0.15) is 0 Å². The third kappa shape index (κ3) is 3.58. The quantitative estimate of drug-likeness (QED) is 0.936. The van der Waals surface area contributed by atoms with Gasteiger partial charge in [0.2, 0.25) is 5.91 Å². The van der Waals surface area contributed by atoms with Crippen LogP contribution in [0.4, 0.5) is 5.69 Å². The Balaban J connectivity index is 1.92. The number of rotatable bonds is 4. The second kappa shape index (κ2) is 6.02. The SMILES string of the molecule is O=C(CCn1ccnc1)Nc1cc(Cl)ccc1Br. The Morgan fingerprint density at radius 2 is 2.33 bits per heavy atom. The lowest BCUT2D eigenvalue weighted by Gasteiger charge is -2.08. The summed E-state index contributed by atoms with van der Waals surface area (Å²) in [4.78, 5) is 15.7. The summed E-state index contributed by atoms with van der Waals surface area (Å²) in [5.74, 6) is -0.0633. The number of carbonyl (C=O) groups is 1. The molecule has 4 nitrogen and oxygen atoms in total. The molecule has 0 unspecified atom stereocenters. The van der Waals surface area contributed by atoms with Crippen LogP contribution < -0.4 is 5.32 Å². The standard InChI is InChI=1S/C12H11BrClN3O/c13-10-2-1-9(14)7-11(10)16-12(18)3-5-17-6-4-15-8-17/h1-2,4,6-8H,3,5H2,(H,16,18). The number of carbonyl (C=O) groups excluding carboxylic acids is 1. The lowest BCUT2D eigenvalue weighted by molar-refractivity contribution is -0.116. The fourth-order valence-electron chi connectivity index (χ4n) is 1.46. The third-order valence-corrected chi connectivity index (χ3v) is 3.29.